The summed E-state index contributed by atoms with van der Waals surface area (Å²) in [6, 6.07) is 3.51. The molecule has 0 atom stereocenters. The number of hydrogen-bond acceptors (Lipinski definition) is 10. The van der Waals surface area contributed by atoms with Crippen molar-refractivity contribution in [3.8, 4) is 34.8 Å². The molecule has 0 amide bonds. The van der Waals surface area contributed by atoms with Crippen molar-refractivity contribution in [1.82, 2.24) is 15.0 Å². The van der Waals surface area contributed by atoms with Gasteiger partial charge in [0.15, 0.2) is 23.7 Å². The van der Waals surface area contributed by atoms with Crippen molar-refractivity contribution in [1.29, 1.82) is 10.8 Å². The fourth-order valence-corrected chi connectivity index (χ4v) is 3.55. The van der Waals surface area contributed by atoms with Crippen molar-refractivity contribution in [2.75, 3.05) is 13.2 Å². The molecule has 7 N–H and O–H groups in total. The SMILES string of the molecule is CCCOc1nc(Oc2cc(C(F)(F)F)ccc2F)nc2oc(-c3cc(C(=N)N)c(OCC(=O)O)c(C(=N)N)c3)nc12. The van der Waals surface area contributed by atoms with Crippen molar-refractivity contribution >= 4 is 28.9 Å². The van der Waals surface area contributed by atoms with Gasteiger partial charge in [-0.2, -0.15) is 23.1 Å². The maximum Gasteiger partial charge on any atom is 0.416 e. The zero-order valence-corrected chi connectivity index (χ0v) is 21.5. The van der Waals surface area contributed by atoms with E-state index in [4.69, 9.17) is 46.0 Å². The van der Waals surface area contributed by atoms with Gasteiger partial charge in [-0.15, -0.1) is 0 Å². The number of nitrogens with two attached hydrogens (primary N) is 2. The highest BCUT2D eigenvalue weighted by molar-refractivity contribution is 6.06. The van der Waals surface area contributed by atoms with Crippen LogP contribution >= 0.6 is 0 Å². The smallest absolute Gasteiger partial charge is 0.416 e. The molecule has 0 saturated carbocycles. The molecule has 13 nitrogen and oxygen atoms in total. The van der Waals surface area contributed by atoms with E-state index in [2.05, 4.69) is 15.0 Å². The van der Waals surface area contributed by atoms with E-state index in [9.17, 15) is 22.4 Å². The number of fused-ring (bicyclic) bond motifs is 1. The molecule has 4 rings (SSSR count). The van der Waals surface area contributed by atoms with E-state index in [-0.39, 0.29) is 52.0 Å². The van der Waals surface area contributed by atoms with Gasteiger partial charge in [-0.05, 0) is 36.8 Å². The predicted molar refractivity (Wildman–Crippen MR) is 137 cm³/mol. The monoisotopic (exact) mass is 591 g/mol. The number of rotatable bonds is 11. The Kier molecular flexibility index (Phi) is 8.12. The number of nitrogens with one attached hydrogen (secondary N) is 2. The van der Waals surface area contributed by atoms with Crippen molar-refractivity contribution in [3.63, 3.8) is 0 Å². The molecular formula is C25H21F4N7O6. The van der Waals surface area contributed by atoms with Gasteiger partial charge in [0.2, 0.25) is 5.89 Å². The van der Waals surface area contributed by atoms with Crippen LogP contribution in [0.4, 0.5) is 17.6 Å². The lowest BCUT2D eigenvalue weighted by Gasteiger charge is -2.15. The number of alkyl halides is 3. The second-order valence-electron chi connectivity index (χ2n) is 8.49. The molecule has 42 heavy (non-hydrogen) atoms. The minimum Gasteiger partial charge on any atom is -0.480 e. The zero-order chi connectivity index (χ0) is 30.8. The normalized spacial score (nSPS) is 11.4. The summed E-state index contributed by atoms with van der Waals surface area (Å²) in [5.41, 5.74) is 9.70. The number of ether oxygens (including phenoxy) is 3. The number of carboxylic acids is 1. The summed E-state index contributed by atoms with van der Waals surface area (Å²) in [5.74, 6) is -4.97. The van der Waals surface area contributed by atoms with Crippen LogP contribution in [0.15, 0.2) is 34.7 Å². The Bertz CT molecular complexity index is 1670. The third-order valence-electron chi connectivity index (χ3n) is 5.37. The number of benzene rings is 2. The Morgan fingerprint density at radius 2 is 1.71 bits per heavy atom. The predicted octanol–water partition coefficient (Wildman–Crippen LogP) is 4.06. The average Bonchev–Trinajstić information content (AvgIpc) is 3.35. The maximum atomic E-state index is 14.3. The molecular weight excluding hydrogens is 570 g/mol. The summed E-state index contributed by atoms with van der Waals surface area (Å²) in [5, 5.41) is 24.8. The molecule has 0 fully saturated rings. The fourth-order valence-electron chi connectivity index (χ4n) is 3.55. The van der Waals surface area contributed by atoms with Crippen molar-refractivity contribution < 1.29 is 46.1 Å². The summed E-state index contributed by atoms with van der Waals surface area (Å²) in [7, 11) is 0. The number of nitrogen functional groups attached to an aromatic ring is 2. The first-order chi connectivity index (χ1) is 19.8. The highest BCUT2D eigenvalue weighted by atomic mass is 19.4. The molecule has 0 aliphatic carbocycles. The molecule has 0 radical (unpaired) electrons. The zero-order valence-electron chi connectivity index (χ0n) is 21.5. The fraction of sp³-hybridized carbons (Fsp3) is 0.200. The number of aliphatic carboxylic acids is 1. The Labute approximate surface area is 233 Å². The van der Waals surface area contributed by atoms with Crippen LogP contribution in [0.3, 0.4) is 0 Å². The number of halogens is 4. The Morgan fingerprint density at radius 3 is 2.29 bits per heavy atom. The third kappa shape index (κ3) is 6.29. The Balaban J connectivity index is 1.84. The van der Waals surface area contributed by atoms with Gasteiger partial charge in [-0.25, -0.2) is 14.2 Å². The standard InChI is InChI=1S/C25H21F4N7O6/c1-2-5-39-22-17-23(36-24(35-22)41-15-8-11(25(27,28)29)3-4-14(15)26)42-21(34-17)10-6-12(19(30)31)18(40-9-16(37)38)13(7-10)20(32)33/h3-4,6-8H,2,5,9H2,1H3,(H3,30,31)(H3,32,33)(H,37,38). The van der Waals surface area contributed by atoms with E-state index < -0.39 is 53.6 Å². The van der Waals surface area contributed by atoms with Crippen LogP contribution in [-0.4, -0.2) is 50.9 Å². The van der Waals surface area contributed by atoms with Gasteiger partial charge in [0, 0.05) is 5.56 Å². The number of hydrogen-bond donors (Lipinski definition) is 5. The highest BCUT2D eigenvalue weighted by Gasteiger charge is 2.32. The van der Waals surface area contributed by atoms with E-state index in [0.29, 0.717) is 24.6 Å². The van der Waals surface area contributed by atoms with Gasteiger partial charge < -0.3 is 35.2 Å². The maximum absolute atomic E-state index is 14.3. The van der Waals surface area contributed by atoms with Gasteiger partial charge in [0.25, 0.3) is 11.6 Å². The lowest BCUT2D eigenvalue weighted by Crippen LogP contribution is -2.21. The van der Waals surface area contributed by atoms with E-state index in [0.717, 1.165) is 0 Å². The highest BCUT2D eigenvalue weighted by Crippen LogP contribution is 2.37. The molecule has 0 aliphatic rings. The second-order valence-corrected chi connectivity index (χ2v) is 8.49. The van der Waals surface area contributed by atoms with Crippen LogP contribution in [0, 0.1) is 16.6 Å². The van der Waals surface area contributed by atoms with E-state index in [1.807, 2.05) is 0 Å². The number of nitrogens with zero attached hydrogens (tertiary/aromatic N) is 3. The Morgan fingerprint density at radius 1 is 1.05 bits per heavy atom. The Hall–Kier alpha value is -5.48. The quantitative estimate of drug-likeness (QED) is 0.0952. The van der Waals surface area contributed by atoms with Gasteiger partial charge in [0.05, 0.1) is 23.3 Å². The third-order valence-corrected chi connectivity index (χ3v) is 5.37. The number of amidine groups is 2. The number of oxazole rings is 1. The van der Waals surface area contributed by atoms with E-state index in [1.165, 1.54) is 12.1 Å². The molecule has 2 heterocycles. The van der Waals surface area contributed by atoms with Gasteiger partial charge >= 0.3 is 18.2 Å². The summed E-state index contributed by atoms with van der Waals surface area (Å²) in [6.45, 7) is 1.11. The van der Waals surface area contributed by atoms with Crippen LogP contribution in [0.25, 0.3) is 22.7 Å². The van der Waals surface area contributed by atoms with Crippen LogP contribution in [-0.2, 0) is 11.0 Å². The van der Waals surface area contributed by atoms with Crippen molar-refractivity contribution in [2.24, 2.45) is 11.5 Å². The van der Waals surface area contributed by atoms with Crippen molar-refractivity contribution in [3.05, 3.63) is 52.8 Å². The minimum absolute atomic E-state index is 0.0460. The molecule has 17 heteroatoms. The van der Waals surface area contributed by atoms with E-state index >= 15 is 0 Å². The lowest BCUT2D eigenvalue weighted by atomic mass is 10.0. The van der Waals surface area contributed by atoms with Crippen LogP contribution in [0.1, 0.15) is 30.0 Å². The first kappa shape index (κ1) is 29.5. The first-order valence-electron chi connectivity index (χ1n) is 11.9. The molecule has 0 unspecified atom stereocenters. The minimum atomic E-state index is -4.77. The summed E-state index contributed by atoms with van der Waals surface area (Å²) < 4.78 is 75.5. The summed E-state index contributed by atoms with van der Waals surface area (Å²) >= 11 is 0. The van der Waals surface area contributed by atoms with Crippen LogP contribution in [0.5, 0.6) is 23.4 Å². The first-order valence-corrected chi connectivity index (χ1v) is 11.9. The topological polar surface area (TPSA) is 217 Å². The van der Waals surface area contributed by atoms with Gasteiger partial charge in [0.1, 0.15) is 17.4 Å². The number of carbonyl (C=O) groups is 1. The molecule has 220 valence electrons. The molecule has 0 spiro atoms. The molecule has 2 aromatic heterocycles. The molecule has 0 aliphatic heterocycles. The van der Waals surface area contributed by atoms with E-state index in [1.54, 1.807) is 6.92 Å². The largest absolute Gasteiger partial charge is 0.480 e. The summed E-state index contributed by atoms with van der Waals surface area (Å²) in [6.07, 6.45) is -4.24. The van der Waals surface area contributed by atoms with Crippen molar-refractivity contribution in [2.45, 2.75) is 19.5 Å². The lowest BCUT2D eigenvalue weighted by molar-refractivity contribution is -0.139. The number of aromatic nitrogens is 3. The summed E-state index contributed by atoms with van der Waals surface area (Å²) in [4.78, 5) is 23.3. The van der Waals surface area contributed by atoms with Gasteiger partial charge in [-0.1, -0.05) is 6.92 Å². The average molecular weight is 591 g/mol. The molecule has 0 bridgehead atoms. The van der Waals surface area contributed by atoms with Gasteiger partial charge in [-0.3, -0.25) is 10.8 Å². The van der Waals surface area contributed by atoms with Crippen LogP contribution in [0.2, 0.25) is 0 Å². The number of carboxylic acid groups (broad SMARTS) is 1. The molecule has 2 aromatic carbocycles. The second kappa shape index (κ2) is 11.6. The molecule has 4 aromatic rings. The van der Waals surface area contributed by atoms with Crippen LogP contribution < -0.4 is 25.7 Å². The molecule has 0 saturated heterocycles.